The van der Waals surface area contributed by atoms with Crippen molar-refractivity contribution in [1.29, 1.82) is 5.26 Å². The van der Waals surface area contributed by atoms with E-state index in [0.29, 0.717) is 17.8 Å². The predicted octanol–water partition coefficient (Wildman–Crippen LogP) is 3.78. The van der Waals surface area contributed by atoms with Gasteiger partial charge in [0.2, 0.25) is 0 Å². The van der Waals surface area contributed by atoms with Gasteiger partial charge in [0.05, 0.1) is 41.6 Å². The van der Waals surface area contributed by atoms with Gasteiger partial charge < -0.3 is 14.7 Å². The molecule has 3 heterocycles. The third-order valence-electron chi connectivity index (χ3n) is 6.48. The monoisotopic (exact) mass is 515 g/mol. The number of halogens is 3. The van der Waals surface area contributed by atoms with Crippen LogP contribution in [0.3, 0.4) is 0 Å². The van der Waals surface area contributed by atoms with Crippen LogP contribution in [0.15, 0.2) is 42.6 Å². The van der Waals surface area contributed by atoms with Crippen LogP contribution in [0.2, 0.25) is 0 Å². The maximum Gasteiger partial charge on any atom is 0.417 e. The Morgan fingerprint density at radius 3 is 2.56 bits per heavy atom. The lowest BCUT2D eigenvalue weighted by Gasteiger charge is -2.29. The van der Waals surface area contributed by atoms with E-state index in [2.05, 4.69) is 5.10 Å². The molecule has 2 aliphatic rings. The first-order valence-electron chi connectivity index (χ1n) is 11.0. The fraction of sp³-hybridized carbons (Fsp3) is 0.333. The zero-order valence-electron chi connectivity index (χ0n) is 19.2. The topological polar surface area (TPSA) is 94.6 Å². The summed E-state index contributed by atoms with van der Waals surface area (Å²) in [5.41, 5.74) is -1.74. The van der Waals surface area contributed by atoms with Gasteiger partial charge in [-0.3, -0.25) is 14.4 Å². The first kappa shape index (κ1) is 24.2. The molecule has 36 heavy (non-hydrogen) atoms. The number of aliphatic hydroxyl groups excluding tert-OH is 1. The number of thiocarbonyl (C=S) groups is 1. The molecule has 5 rings (SSSR count). The summed E-state index contributed by atoms with van der Waals surface area (Å²) < 4.78 is 47.6. The molecule has 0 bridgehead atoms. The minimum absolute atomic E-state index is 0.00851. The van der Waals surface area contributed by atoms with Crippen LogP contribution in [-0.4, -0.2) is 50.8 Å². The maximum absolute atomic E-state index is 13.5. The average molecular weight is 516 g/mol. The number of ether oxygens (including phenoxy) is 1. The molecule has 0 saturated carbocycles. The van der Waals surface area contributed by atoms with Crippen LogP contribution in [0.25, 0.3) is 10.9 Å². The van der Waals surface area contributed by atoms with Crippen LogP contribution in [0.5, 0.6) is 0 Å². The number of rotatable bonds is 3. The van der Waals surface area contributed by atoms with Gasteiger partial charge in [0.15, 0.2) is 5.11 Å². The Balaban J connectivity index is 1.54. The first-order valence-corrected chi connectivity index (χ1v) is 11.4. The number of hydrogen-bond acceptors (Lipinski definition) is 6. The summed E-state index contributed by atoms with van der Waals surface area (Å²) in [6.07, 6.45) is -3.68. The molecule has 1 amide bonds. The summed E-state index contributed by atoms with van der Waals surface area (Å²) in [5, 5.41) is 24.5. The van der Waals surface area contributed by atoms with E-state index in [0.717, 1.165) is 22.4 Å². The SMILES string of the molecule is CC1(C)C(=O)N(c2ccc(C#N)c(C(F)(F)F)c2)C(=S)N1c1ccc2nn(C3COCC3O)cc2c1. The standard InChI is InChI=1S/C24H20F3N5O3S/c1-23(2)21(34)31(15-4-3-13(9-28)17(8-15)24(25,26)27)22(36)32(23)16-5-6-18-14(7-16)10-30(29-18)19-11-35-12-20(19)33/h3-8,10,19-20,33H,11-12H2,1-2H3. The summed E-state index contributed by atoms with van der Waals surface area (Å²) in [5.74, 6) is -0.507. The normalized spacial score (nSPS) is 22.0. The molecule has 12 heteroatoms. The summed E-state index contributed by atoms with van der Waals surface area (Å²) in [7, 11) is 0. The van der Waals surface area contributed by atoms with Crippen molar-refractivity contribution in [3.8, 4) is 6.07 Å². The van der Waals surface area contributed by atoms with Crippen LogP contribution in [0, 0.1) is 11.3 Å². The number of alkyl halides is 3. The van der Waals surface area contributed by atoms with Gasteiger partial charge in [-0.1, -0.05) is 0 Å². The van der Waals surface area contributed by atoms with Gasteiger partial charge in [0, 0.05) is 17.3 Å². The Kier molecular flexibility index (Phi) is 5.55. The Morgan fingerprint density at radius 2 is 1.92 bits per heavy atom. The van der Waals surface area contributed by atoms with E-state index in [9.17, 15) is 23.1 Å². The van der Waals surface area contributed by atoms with Gasteiger partial charge in [-0.25, -0.2) is 0 Å². The molecule has 3 aromatic rings. The highest BCUT2D eigenvalue weighted by Crippen LogP contribution is 2.40. The van der Waals surface area contributed by atoms with Crippen molar-refractivity contribution >= 4 is 45.5 Å². The van der Waals surface area contributed by atoms with Gasteiger partial charge in [0.25, 0.3) is 5.91 Å². The predicted molar refractivity (Wildman–Crippen MR) is 128 cm³/mol. The van der Waals surface area contributed by atoms with Crippen molar-refractivity contribution in [1.82, 2.24) is 9.78 Å². The fourth-order valence-corrected chi connectivity index (χ4v) is 5.11. The summed E-state index contributed by atoms with van der Waals surface area (Å²) >= 11 is 5.59. The third-order valence-corrected chi connectivity index (χ3v) is 6.85. The Morgan fingerprint density at radius 1 is 1.19 bits per heavy atom. The number of hydrogen-bond donors (Lipinski definition) is 1. The van der Waals surface area contributed by atoms with E-state index in [1.807, 2.05) is 0 Å². The Labute approximate surface area is 209 Å². The molecule has 1 aromatic heterocycles. The number of amides is 1. The second kappa shape index (κ2) is 8.26. The van der Waals surface area contributed by atoms with Gasteiger partial charge >= 0.3 is 6.18 Å². The Hall–Kier alpha value is -3.53. The fourth-order valence-electron chi connectivity index (χ4n) is 4.58. The van der Waals surface area contributed by atoms with Crippen LogP contribution in [-0.2, 0) is 15.7 Å². The van der Waals surface area contributed by atoms with Crippen LogP contribution in [0.4, 0.5) is 24.5 Å². The molecule has 0 radical (unpaired) electrons. The number of aromatic nitrogens is 2. The lowest BCUT2D eigenvalue weighted by atomic mass is 10.0. The summed E-state index contributed by atoms with van der Waals surface area (Å²) in [6.45, 7) is 3.83. The molecule has 2 saturated heterocycles. The molecule has 2 fully saturated rings. The van der Waals surface area contributed by atoms with Crippen LogP contribution in [0.1, 0.15) is 31.0 Å². The van der Waals surface area contributed by atoms with E-state index in [-0.39, 0.29) is 23.4 Å². The molecule has 0 spiro atoms. The van der Waals surface area contributed by atoms with E-state index >= 15 is 0 Å². The average Bonchev–Trinajstić information content (AvgIpc) is 3.47. The van der Waals surface area contributed by atoms with Gasteiger partial charge in [-0.15, -0.1) is 0 Å². The zero-order valence-corrected chi connectivity index (χ0v) is 20.0. The largest absolute Gasteiger partial charge is 0.417 e. The smallest absolute Gasteiger partial charge is 0.388 e. The van der Waals surface area contributed by atoms with Crippen molar-refractivity contribution in [3.05, 3.63) is 53.7 Å². The molecule has 186 valence electrons. The lowest BCUT2D eigenvalue weighted by molar-refractivity contribution is -0.137. The minimum atomic E-state index is -4.77. The van der Waals surface area contributed by atoms with Gasteiger partial charge in [-0.05, 0) is 62.5 Å². The molecule has 2 atom stereocenters. The second-order valence-corrected chi connectivity index (χ2v) is 9.55. The molecule has 2 unspecified atom stereocenters. The molecule has 2 aliphatic heterocycles. The van der Waals surface area contributed by atoms with E-state index in [4.69, 9.17) is 22.2 Å². The van der Waals surface area contributed by atoms with Crippen molar-refractivity contribution in [2.24, 2.45) is 0 Å². The van der Waals surface area contributed by atoms with Gasteiger partial charge in [-0.2, -0.15) is 23.5 Å². The summed E-state index contributed by atoms with van der Waals surface area (Å²) in [6, 6.07) is 9.56. The quantitative estimate of drug-likeness (QED) is 0.531. The maximum atomic E-state index is 13.5. The molecule has 2 aromatic carbocycles. The van der Waals surface area contributed by atoms with Crippen LogP contribution >= 0.6 is 12.2 Å². The zero-order chi connectivity index (χ0) is 26.0. The lowest BCUT2D eigenvalue weighted by Crippen LogP contribution is -2.44. The number of benzene rings is 2. The number of anilines is 2. The molecule has 8 nitrogen and oxygen atoms in total. The first-order chi connectivity index (χ1) is 16.9. The van der Waals surface area contributed by atoms with E-state index < -0.39 is 34.9 Å². The highest BCUT2D eigenvalue weighted by Gasteiger charge is 2.50. The van der Waals surface area contributed by atoms with Crippen molar-refractivity contribution in [2.75, 3.05) is 23.0 Å². The highest BCUT2D eigenvalue weighted by molar-refractivity contribution is 7.81. The molecular formula is C24H20F3N5O3S. The van der Waals surface area contributed by atoms with Crippen molar-refractivity contribution < 1.29 is 27.8 Å². The number of nitrogens with zero attached hydrogens (tertiary/aromatic N) is 5. The number of carbonyl (C=O) groups is 1. The van der Waals surface area contributed by atoms with E-state index in [1.165, 1.54) is 12.1 Å². The summed E-state index contributed by atoms with van der Waals surface area (Å²) in [4.78, 5) is 16.1. The van der Waals surface area contributed by atoms with Gasteiger partial charge in [0.1, 0.15) is 17.7 Å². The number of carbonyl (C=O) groups excluding carboxylic acids is 1. The molecule has 1 N–H and O–H groups in total. The van der Waals surface area contributed by atoms with E-state index in [1.54, 1.807) is 47.8 Å². The number of aliphatic hydroxyl groups is 1. The number of nitriles is 1. The Bertz CT molecular complexity index is 1450. The molecular weight excluding hydrogens is 495 g/mol. The minimum Gasteiger partial charge on any atom is -0.388 e. The second-order valence-electron chi connectivity index (χ2n) is 9.18. The van der Waals surface area contributed by atoms with Crippen LogP contribution < -0.4 is 9.80 Å². The highest BCUT2D eigenvalue weighted by atomic mass is 32.1. The number of fused-ring (bicyclic) bond motifs is 1. The molecule has 0 aliphatic carbocycles. The third kappa shape index (κ3) is 3.71. The van der Waals surface area contributed by atoms with Crippen molar-refractivity contribution in [3.63, 3.8) is 0 Å². The van der Waals surface area contributed by atoms with Crippen molar-refractivity contribution in [2.45, 2.75) is 37.7 Å².